The predicted molar refractivity (Wildman–Crippen MR) is 75.0 cm³/mol. The van der Waals surface area contributed by atoms with Gasteiger partial charge in [-0.2, -0.15) is 0 Å². The second-order valence-corrected chi connectivity index (χ2v) is 4.85. The van der Waals surface area contributed by atoms with E-state index in [9.17, 15) is 0 Å². The van der Waals surface area contributed by atoms with Crippen molar-refractivity contribution < 1.29 is 0 Å². The molecule has 1 atom stereocenters. The van der Waals surface area contributed by atoms with Gasteiger partial charge in [-0.1, -0.05) is 26.3 Å². The second kappa shape index (κ2) is 8.08. The molecular formula is C12H22N4S. The van der Waals surface area contributed by atoms with E-state index < -0.39 is 0 Å². The molecule has 5 heteroatoms. The Morgan fingerprint density at radius 2 is 2.29 bits per heavy atom. The molecule has 0 radical (unpaired) electrons. The SMILES string of the molecule is CCCN=C(NN)NC(CCC)c1cccs1. The zero-order valence-corrected chi connectivity index (χ0v) is 11.4. The summed E-state index contributed by atoms with van der Waals surface area (Å²) in [4.78, 5) is 5.69. The highest BCUT2D eigenvalue weighted by molar-refractivity contribution is 7.10. The van der Waals surface area contributed by atoms with Crippen molar-refractivity contribution in [3.05, 3.63) is 22.4 Å². The molecule has 4 nitrogen and oxygen atoms in total. The van der Waals surface area contributed by atoms with E-state index in [2.05, 4.69) is 47.1 Å². The number of nitrogens with zero attached hydrogens (tertiary/aromatic N) is 1. The van der Waals surface area contributed by atoms with Crippen LogP contribution in [0.2, 0.25) is 0 Å². The largest absolute Gasteiger partial charge is 0.348 e. The Morgan fingerprint density at radius 1 is 1.47 bits per heavy atom. The number of rotatable bonds is 6. The van der Waals surface area contributed by atoms with E-state index in [1.54, 1.807) is 11.3 Å². The van der Waals surface area contributed by atoms with E-state index in [-0.39, 0.29) is 0 Å². The van der Waals surface area contributed by atoms with E-state index in [1.807, 2.05) is 0 Å². The minimum atomic E-state index is 0.298. The summed E-state index contributed by atoms with van der Waals surface area (Å²) in [6, 6.07) is 4.52. The van der Waals surface area contributed by atoms with Gasteiger partial charge >= 0.3 is 0 Å². The number of thiophene rings is 1. The first-order valence-electron chi connectivity index (χ1n) is 6.12. The Kier molecular flexibility index (Phi) is 6.65. The molecule has 0 bridgehead atoms. The molecule has 0 aliphatic heterocycles. The third-order valence-electron chi connectivity index (χ3n) is 2.41. The van der Waals surface area contributed by atoms with Crippen molar-refractivity contribution in [1.82, 2.24) is 10.7 Å². The summed E-state index contributed by atoms with van der Waals surface area (Å²) >= 11 is 1.76. The van der Waals surface area contributed by atoms with Crippen molar-refractivity contribution in [2.75, 3.05) is 6.54 Å². The van der Waals surface area contributed by atoms with Gasteiger partial charge in [0.25, 0.3) is 0 Å². The van der Waals surface area contributed by atoms with Crippen LogP contribution in [0.4, 0.5) is 0 Å². The van der Waals surface area contributed by atoms with Crippen LogP contribution in [0.5, 0.6) is 0 Å². The molecule has 4 N–H and O–H groups in total. The fourth-order valence-electron chi connectivity index (χ4n) is 1.59. The standard InChI is InChI=1S/C12H22N4S/c1-3-6-10(11-7-5-9-17-11)15-12(16-13)14-8-4-2/h5,7,9-10H,3-4,6,8,13H2,1-2H3,(H2,14,15,16). The number of aliphatic imine (C=N–C) groups is 1. The Morgan fingerprint density at radius 3 is 2.82 bits per heavy atom. The van der Waals surface area contributed by atoms with E-state index in [4.69, 9.17) is 5.84 Å². The number of hydrazine groups is 1. The quantitative estimate of drug-likeness (QED) is 0.316. The molecule has 96 valence electrons. The lowest BCUT2D eigenvalue weighted by atomic mass is 10.1. The van der Waals surface area contributed by atoms with Crippen molar-refractivity contribution in [1.29, 1.82) is 0 Å². The summed E-state index contributed by atoms with van der Waals surface area (Å²) in [5.74, 6) is 6.15. The summed E-state index contributed by atoms with van der Waals surface area (Å²) in [5.41, 5.74) is 2.63. The Balaban J connectivity index is 2.65. The first-order chi connectivity index (χ1) is 8.31. The monoisotopic (exact) mass is 254 g/mol. The van der Waals surface area contributed by atoms with Gasteiger partial charge in [0.2, 0.25) is 5.96 Å². The Labute approximate surface area is 107 Å². The van der Waals surface area contributed by atoms with Crippen molar-refractivity contribution in [2.24, 2.45) is 10.8 Å². The molecule has 0 amide bonds. The lowest BCUT2D eigenvalue weighted by Gasteiger charge is -2.19. The maximum Gasteiger partial charge on any atom is 0.206 e. The van der Waals surface area contributed by atoms with Crippen LogP contribution in [0.15, 0.2) is 22.5 Å². The zero-order chi connectivity index (χ0) is 12.5. The first-order valence-corrected chi connectivity index (χ1v) is 7.00. The summed E-state index contributed by atoms with van der Waals surface area (Å²) < 4.78 is 0. The van der Waals surface area contributed by atoms with Crippen molar-refractivity contribution in [2.45, 2.75) is 39.2 Å². The van der Waals surface area contributed by atoms with Gasteiger partial charge in [-0.3, -0.25) is 10.4 Å². The predicted octanol–water partition coefficient (Wildman–Crippen LogP) is 2.41. The molecule has 0 fully saturated rings. The summed E-state index contributed by atoms with van der Waals surface area (Å²) in [6.45, 7) is 5.07. The molecule has 1 rings (SSSR count). The van der Waals surface area contributed by atoms with Crippen LogP contribution in [0.3, 0.4) is 0 Å². The fourth-order valence-corrected chi connectivity index (χ4v) is 2.40. The summed E-state index contributed by atoms with van der Waals surface area (Å²) in [5, 5.41) is 5.46. The second-order valence-electron chi connectivity index (χ2n) is 3.88. The Hall–Kier alpha value is -1.07. The van der Waals surface area contributed by atoms with E-state index >= 15 is 0 Å². The van der Waals surface area contributed by atoms with Crippen LogP contribution in [-0.4, -0.2) is 12.5 Å². The Bertz CT molecular complexity index is 321. The van der Waals surface area contributed by atoms with Crippen molar-refractivity contribution >= 4 is 17.3 Å². The highest BCUT2D eigenvalue weighted by Crippen LogP contribution is 2.22. The average molecular weight is 254 g/mol. The van der Waals surface area contributed by atoms with Crippen molar-refractivity contribution in [3.8, 4) is 0 Å². The van der Waals surface area contributed by atoms with Gasteiger partial charge in [0, 0.05) is 11.4 Å². The van der Waals surface area contributed by atoms with E-state index in [0.717, 1.165) is 25.8 Å². The molecule has 0 aliphatic carbocycles. The summed E-state index contributed by atoms with van der Waals surface area (Å²) in [7, 11) is 0. The van der Waals surface area contributed by atoms with Crippen LogP contribution in [0, 0.1) is 0 Å². The van der Waals surface area contributed by atoms with Crippen molar-refractivity contribution in [3.63, 3.8) is 0 Å². The molecular weight excluding hydrogens is 232 g/mol. The van der Waals surface area contributed by atoms with Crippen LogP contribution >= 0.6 is 11.3 Å². The number of nitrogens with one attached hydrogen (secondary N) is 2. The molecule has 0 aromatic carbocycles. The zero-order valence-electron chi connectivity index (χ0n) is 10.6. The van der Waals surface area contributed by atoms with Gasteiger partial charge in [0.1, 0.15) is 0 Å². The smallest absolute Gasteiger partial charge is 0.206 e. The number of hydrogen-bond acceptors (Lipinski definition) is 3. The number of nitrogens with two attached hydrogens (primary N) is 1. The normalized spacial score (nSPS) is 13.5. The lowest BCUT2D eigenvalue weighted by Crippen LogP contribution is -2.43. The molecule has 0 saturated carbocycles. The fraction of sp³-hybridized carbons (Fsp3) is 0.583. The van der Waals surface area contributed by atoms with Crippen LogP contribution in [-0.2, 0) is 0 Å². The molecule has 0 saturated heterocycles. The highest BCUT2D eigenvalue weighted by atomic mass is 32.1. The van der Waals surface area contributed by atoms with Crippen LogP contribution in [0.1, 0.15) is 44.0 Å². The number of guanidine groups is 1. The molecule has 1 aromatic rings. The van der Waals surface area contributed by atoms with Gasteiger partial charge in [0.05, 0.1) is 6.04 Å². The third kappa shape index (κ3) is 4.75. The van der Waals surface area contributed by atoms with Gasteiger partial charge in [-0.05, 0) is 24.3 Å². The molecule has 1 heterocycles. The topological polar surface area (TPSA) is 62.4 Å². The summed E-state index contributed by atoms with van der Waals surface area (Å²) in [6.07, 6.45) is 3.22. The molecule has 1 unspecified atom stereocenters. The third-order valence-corrected chi connectivity index (χ3v) is 3.39. The maximum absolute atomic E-state index is 5.47. The van der Waals surface area contributed by atoms with Gasteiger partial charge in [0.15, 0.2) is 0 Å². The van der Waals surface area contributed by atoms with Gasteiger partial charge in [-0.25, -0.2) is 5.84 Å². The van der Waals surface area contributed by atoms with Gasteiger partial charge < -0.3 is 5.32 Å². The first kappa shape index (κ1) is 14.0. The van der Waals surface area contributed by atoms with E-state index in [1.165, 1.54) is 4.88 Å². The maximum atomic E-state index is 5.47. The number of hydrogen-bond donors (Lipinski definition) is 3. The highest BCUT2D eigenvalue weighted by Gasteiger charge is 2.12. The van der Waals surface area contributed by atoms with Crippen LogP contribution < -0.4 is 16.6 Å². The molecule has 0 spiro atoms. The van der Waals surface area contributed by atoms with E-state index in [0.29, 0.717) is 12.0 Å². The van der Waals surface area contributed by atoms with Gasteiger partial charge in [-0.15, -0.1) is 11.3 Å². The molecule has 0 aliphatic rings. The minimum absolute atomic E-state index is 0.298. The lowest BCUT2D eigenvalue weighted by molar-refractivity contribution is 0.578. The van der Waals surface area contributed by atoms with Crippen LogP contribution in [0.25, 0.3) is 0 Å². The molecule has 17 heavy (non-hydrogen) atoms. The minimum Gasteiger partial charge on any atom is -0.348 e. The molecule has 1 aromatic heterocycles. The average Bonchev–Trinajstić information content (AvgIpc) is 2.87.